The van der Waals surface area contributed by atoms with Crippen molar-refractivity contribution in [3.8, 4) is 0 Å². The number of carbonyl (C=O) groups is 1. The van der Waals surface area contributed by atoms with Gasteiger partial charge in [-0.2, -0.15) is 5.10 Å². The van der Waals surface area contributed by atoms with Crippen molar-refractivity contribution in [3.63, 3.8) is 0 Å². The smallest absolute Gasteiger partial charge is 0.353 e. The van der Waals surface area contributed by atoms with Gasteiger partial charge >= 0.3 is 5.97 Å². The Hall–Kier alpha value is -2.10. The molecule has 1 aromatic rings. The van der Waals surface area contributed by atoms with Crippen LogP contribution in [0.2, 0.25) is 0 Å². The van der Waals surface area contributed by atoms with Gasteiger partial charge < -0.3 is 5.11 Å². The van der Waals surface area contributed by atoms with Crippen molar-refractivity contribution in [1.82, 2.24) is 10.2 Å². The Balaban J connectivity index is 3.06. The zero-order chi connectivity index (χ0) is 10.6. The molecule has 0 radical (unpaired) electrons. The zero-order valence-corrected chi connectivity index (χ0v) is 7.53. The third-order valence-corrected chi connectivity index (χ3v) is 1.62. The summed E-state index contributed by atoms with van der Waals surface area (Å²) in [5.74, 6) is -1.04. The van der Waals surface area contributed by atoms with Gasteiger partial charge in [0.05, 0.1) is 5.69 Å². The minimum Gasteiger partial charge on any atom is -0.477 e. The first-order chi connectivity index (χ1) is 6.69. The maximum atomic E-state index is 10.5. The number of carboxylic acid groups (broad SMARTS) is 1. The molecule has 14 heavy (non-hydrogen) atoms. The third kappa shape index (κ3) is 1.98. The molecule has 0 saturated carbocycles. The molecular weight excluding hydrogens is 180 g/mol. The van der Waals surface area contributed by atoms with E-state index in [1.54, 1.807) is 18.2 Å². The molecule has 4 nitrogen and oxygen atoms in total. The predicted octanol–water partition coefficient (Wildman–Crippen LogP) is 1.86. The molecule has 0 atom stereocenters. The predicted molar refractivity (Wildman–Crippen MR) is 53.9 cm³/mol. The number of rotatable bonds is 4. The van der Waals surface area contributed by atoms with E-state index in [0.717, 1.165) is 5.57 Å². The van der Waals surface area contributed by atoms with Gasteiger partial charge in [0.1, 0.15) is 5.69 Å². The highest BCUT2D eigenvalue weighted by atomic mass is 16.4. The molecule has 0 amide bonds. The fourth-order valence-electron chi connectivity index (χ4n) is 0.964. The largest absolute Gasteiger partial charge is 0.477 e. The molecule has 4 heteroatoms. The van der Waals surface area contributed by atoms with Crippen LogP contribution in [0.15, 0.2) is 37.5 Å². The molecular formula is C10H10N2O2. The number of aromatic amines is 1. The second kappa shape index (κ2) is 4.23. The topological polar surface area (TPSA) is 66.0 Å². The van der Waals surface area contributed by atoms with Gasteiger partial charge in [0.25, 0.3) is 0 Å². The van der Waals surface area contributed by atoms with Crippen LogP contribution in [0.3, 0.4) is 0 Å². The fraction of sp³-hybridized carbons (Fsp3) is 0. The summed E-state index contributed by atoms with van der Waals surface area (Å²) in [6, 6.07) is 1.44. The zero-order valence-electron chi connectivity index (χ0n) is 7.53. The normalized spacial score (nSPS) is 11.0. The van der Waals surface area contributed by atoms with Crippen LogP contribution in [0.5, 0.6) is 0 Å². The Morgan fingerprint density at radius 3 is 2.71 bits per heavy atom. The molecule has 72 valence electrons. The Labute approximate surface area is 81.3 Å². The molecule has 1 rings (SSSR count). The van der Waals surface area contributed by atoms with Gasteiger partial charge in [-0.05, 0) is 6.07 Å². The van der Waals surface area contributed by atoms with Gasteiger partial charge in [0, 0.05) is 5.57 Å². The lowest BCUT2D eigenvalue weighted by Gasteiger charge is -1.92. The number of aromatic nitrogens is 2. The fourth-order valence-corrected chi connectivity index (χ4v) is 0.964. The molecule has 0 aliphatic carbocycles. The molecule has 1 heterocycles. The van der Waals surface area contributed by atoms with Crippen molar-refractivity contribution in [3.05, 3.63) is 48.8 Å². The van der Waals surface area contributed by atoms with E-state index in [1.165, 1.54) is 6.07 Å². The third-order valence-electron chi connectivity index (χ3n) is 1.62. The van der Waals surface area contributed by atoms with E-state index in [-0.39, 0.29) is 5.69 Å². The van der Waals surface area contributed by atoms with E-state index >= 15 is 0 Å². The molecule has 0 fully saturated rings. The number of aromatic carboxylic acids is 1. The number of allylic oxidation sites excluding steroid dienone is 4. The number of nitrogens with one attached hydrogen (secondary N) is 1. The van der Waals surface area contributed by atoms with Gasteiger partial charge in [-0.25, -0.2) is 4.79 Å². The van der Waals surface area contributed by atoms with E-state index in [0.29, 0.717) is 5.69 Å². The molecule has 2 N–H and O–H groups in total. The molecule has 1 aromatic heterocycles. The van der Waals surface area contributed by atoms with E-state index in [4.69, 9.17) is 5.11 Å². The summed E-state index contributed by atoms with van der Waals surface area (Å²) < 4.78 is 0. The highest BCUT2D eigenvalue weighted by Crippen LogP contribution is 2.13. The first-order valence-corrected chi connectivity index (χ1v) is 3.93. The van der Waals surface area contributed by atoms with Crippen LogP contribution in [0, 0.1) is 0 Å². The molecule has 0 unspecified atom stereocenters. The number of hydrogen-bond acceptors (Lipinski definition) is 2. The van der Waals surface area contributed by atoms with Crippen LogP contribution < -0.4 is 0 Å². The lowest BCUT2D eigenvalue weighted by Crippen LogP contribution is -1.95. The summed E-state index contributed by atoms with van der Waals surface area (Å²) >= 11 is 0. The maximum absolute atomic E-state index is 10.5. The van der Waals surface area contributed by atoms with Crippen molar-refractivity contribution in [2.24, 2.45) is 0 Å². The first-order valence-electron chi connectivity index (χ1n) is 3.93. The van der Waals surface area contributed by atoms with Crippen molar-refractivity contribution >= 4 is 11.5 Å². The number of nitrogens with zero attached hydrogens (tertiary/aromatic N) is 1. The van der Waals surface area contributed by atoms with Crippen LogP contribution in [0.4, 0.5) is 0 Å². The summed E-state index contributed by atoms with van der Waals surface area (Å²) in [6.45, 7) is 7.13. The SMILES string of the molecule is C=C/C=C(\C=C)c1cc(C(=O)O)[nH]n1. The number of H-pyrrole nitrogens is 1. The molecule has 0 saturated heterocycles. The molecule has 0 aliphatic rings. The van der Waals surface area contributed by atoms with Gasteiger partial charge in [-0.15, -0.1) is 0 Å². The highest BCUT2D eigenvalue weighted by Gasteiger charge is 2.08. The van der Waals surface area contributed by atoms with Crippen molar-refractivity contribution < 1.29 is 9.90 Å². The molecule has 0 spiro atoms. The Kier molecular flexibility index (Phi) is 3.01. The quantitative estimate of drug-likeness (QED) is 0.712. The average molecular weight is 190 g/mol. The van der Waals surface area contributed by atoms with Gasteiger partial charge in [-0.1, -0.05) is 31.4 Å². The summed E-state index contributed by atoms with van der Waals surface area (Å²) in [5.41, 5.74) is 1.32. The summed E-state index contributed by atoms with van der Waals surface area (Å²) in [4.78, 5) is 10.5. The molecule has 0 bridgehead atoms. The van der Waals surface area contributed by atoms with Crippen molar-refractivity contribution in [2.45, 2.75) is 0 Å². The van der Waals surface area contributed by atoms with Gasteiger partial charge in [-0.3, -0.25) is 5.10 Å². The Morgan fingerprint density at radius 1 is 1.57 bits per heavy atom. The van der Waals surface area contributed by atoms with Crippen LogP contribution in [-0.4, -0.2) is 21.3 Å². The standard InChI is InChI=1S/C10H10N2O2/c1-3-5-7(4-2)8-6-9(10(13)14)12-11-8/h3-6H,1-2H2,(H,11,12)(H,13,14)/b7-5+. The number of carboxylic acids is 1. The van der Waals surface area contributed by atoms with Crippen LogP contribution in [0.1, 0.15) is 16.2 Å². The summed E-state index contributed by atoms with van der Waals surface area (Å²) in [6.07, 6.45) is 4.88. The second-order valence-electron chi connectivity index (χ2n) is 2.53. The Bertz CT molecular complexity index is 402. The van der Waals surface area contributed by atoms with Crippen LogP contribution in [-0.2, 0) is 0 Å². The molecule has 0 aliphatic heterocycles. The second-order valence-corrected chi connectivity index (χ2v) is 2.53. The Morgan fingerprint density at radius 2 is 2.29 bits per heavy atom. The minimum absolute atomic E-state index is 0.0526. The molecule has 0 aromatic carbocycles. The lowest BCUT2D eigenvalue weighted by atomic mass is 10.1. The van der Waals surface area contributed by atoms with Gasteiger partial charge in [0.2, 0.25) is 0 Å². The van der Waals surface area contributed by atoms with Crippen molar-refractivity contribution in [1.29, 1.82) is 0 Å². The number of hydrogen-bond donors (Lipinski definition) is 2. The average Bonchev–Trinajstić information content (AvgIpc) is 2.63. The van der Waals surface area contributed by atoms with E-state index < -0.39 is 5.97 Å². The van der Waals surface area contributed by atoms with E-state index in [2.05, 4.69) is 23.4 Å². The highest BCUT2D eigenvalue weighted by molar-refractivity contribution is 5.87. The van der Waals surface area contributed by atoms with Crippen molar-refractivity contribution in [2.75, 3.05) is 0 Å². The monoisotopic (exact) mass is 190 g/mol. The summed E-state index contributed by atoms with van der Waals surface area (Å²) in [7, 11) is 0. The lowest BCUT2D eigenvalue weighted by molar-refractivity contribution is 0.0690. The van der Waals surface area contributed by atoms with E-state index in [1.807, 2.05) is 0 Å². The summed E-state index contributed by atoms with van der Waals surface area (Å²) in [5, 5.41) is 14.9. The maximum Gasteiger partial charge on any atom is 0.353 e. The first kappa shape index (κ1) is 9.98. The minimum atomic E-state index is -1.04. The van der Waals surface area contributed by atoms with E-state index in [9.17, 15) is 4.79 Å². The van der Waals surface area contributed by atoms with Crippen LogP contribution in [0.25, 0.3) is 5.57 Å². The van der Waals surface area contributed by atoms with Gasteiger partial charge in [0.15, 0.2) is 0 Å². The van der Waals surface area contributed by atoms with Crippen LogP contribution >= 0.6 is 0 Å².